The smallest absolute Gasteiger partial charge is 0.256 e. The van der Waals surface area contributed by atoms with Gasteiger partial charge in [-0.15, -0.1) is 0 Å². The van der Waals surface area contributed by atoms with Gasteiger partial charge in [0.05, 0.1) is 11.3 Å². The van der Waals surface area contributed by atoms with E-state index < -0.39 is 0 Å². The summed E-state index contributed by atoms with van der Waals surface area (Å²) in [6.45, 7) is 1.99. The van der Waals surface area contributed by atoms with Crippen molar-refractivity contribution in [2.24, 2.45) is 5.92 Å². The van der Waals surface area contributed by atoms with Gasteiger partial charge in [0.15, 0.2) is 0 Å². The largest absolute Gasteiger partial charge is 0.396 e. The predicted molar refractivity (Wildman–Crippen MR) is 81.3 cm³/mol. The number of hydrogen-bond donors (Lipinski definition) is 3. The zero-order chi connectivity index (χ0) is 14.5. The van der Waals surface area contributed by atoms with Crippen molar-refractivity contribution in [1.29, 1.82) is 0 Å². The van der Waals surface area contributed by atoms with Crippen molar-refractivity contribution >= 4 is 22.4 Å². The highest BCUT2D eigenvalue weighted by Crippen LogP contribution is 2.26. The van der Waals surface area contributed by atoms with Crippen molar-refractivity contribution in [2.45, 2.75) is 45.1 Å². The standard InChI is InChI=1S/C14H23N3O2S/c1-9-12(14(15-2)20-17-9)13(19)16-11-7-5-3-4-6-10(11)8-18/h10-11,15,18H,3-8H2,1-2H3,(H,16,19). The number of amides is 1. The molecule has 112 valence electrons. The number of carbonyl (C=O) groups is 1. The summed E-state index contributed by atoms with van der Waals surface area (Å²) in [5, 5.41) is 16.4. The van der Waals surface area contributed by atoms with Crippen LogP contribution in [0.25, 0.3) is 0 Å². The van der Waals surface area contributed by atoms with Gasteiger partial charge in [-0.05, 0) is 31.3 Å². The maximum absolute atomic E-state index is 12.5. The van der Waals surface area contributed by atoms with Crippen LogP contribution in [-0.4, -0.2) is 35.1 Å². The lowest BCUT2D eigenvalue weighted by Crippen LogP contribution is -2.41. The second-order valence-electron chi connectivity index (χ2n) is 5.38. The highest BCUT2D eigenvalue weighted by molar-refractivity contribution is 7.10. The maximum atomic E-state index is 12.5. The molecule has 0 radical (unpaired) electrons. The SMILES string of the molecule is CNc1snc(C)c1C(=O)NC1CCCCCC1CO. The number of rotatable bonds is 4. The van der Waals surface area contributed by atoms with Crippen LogP contribution in [-0.2, 0) is 0 Å². The van der Waals surface area contributed by atoms with E-state index in [0.717, 1.165) is 36.4 Å². The Morgan fingerprint density at radius 2 is 2.15 bits per heavy atom. The van der Waals surface area contributed by atoms with Gasteiger partial charge in [0.2, 0.25) is 0 Å². The summed E-state index contributed by atoms with van der Waals surface area (Å²) in [6.07, 6.45) is 5.37. The summed E-state index contributed by atoms with van der Waals surface area (Å²) in [4.78, 5) is 12.5. The second kappa shape index (κ2) is 7.04. The molecule has 0 bridgehead atoms. The second-order valence-corrected chi connectivity index (χ2v) is 6.16. The van der Waals surface area contributed by atoms with Gasteiger partial charge < -0.3 is 15.7 Å². The number of hydrogen-bond acceptors (Lipinski definition) is 5. The number of aliphatic hydroxyl groups is 1. The fourth-order valence-corrected chi connectivity index (χ4v) is 3.58. The topological polar surface area (TPSA) is 74.2 Å². The molecule has 2 unspecified atom stereocenters. The third-order valence-corrected chi connectivity index (χ3v) is 4.98. The molecule has 1 heterocycles. The van der Waals surface area contributed by atoms with Crippen molar-refractivity contribution in [3.63, 3.8) is 0 Å². The van der Waals surface area contributed by atoms with Crippen molar-refractivity contribution in [3.8, 4) is 0 Å². The van der Waals surface area contributed by atoms with E-state index in [4.69, 9.17) is 0 Å². The van der Waals surface area contributed by atoms with Gasteiger partial charge >= 0.3 is 0 Å². The van der Waals surface area contributed by atoms with Crippen LogP contribution in [0.3, 0.4) is 0 Å². The van der Waals surface area contributed by atoms with Crippen LogP contribution < -0.4 is 10.6 Å². The number of nitrogens with one attached hydrogen (secondary N) is 2. The average molecular weight is 297 g/mol. The van der Waals surface area contributed by atoms with Crippen LogP contribution in [0.2, 0.25) is 0 Å². The van der Waals surface area contributed by atoms with Crippen molar-refractivity contribution in [3.05, 3.63) is 11.3 Å². The first kappa shape index (κ1) is 15.3. The van der Waals surface area contributed by atoms with Gasteiger partial charge in [-0.3, -0.25) is 4.79 Å². The molecule has 1 amide bonds. The van der Waals surface area contributed by atoms with E-state index in [1.54, 1.807) is 7.05 Å². The summed E-state index contributed by atoms with van der Waals surface area (Å²) >= 11 is 1.31. The zero-order valence-electron chi connectivity index (χ0n) is 12.1. The Morgan fingerprint density at radius 3 is 2.85 bits per heavy atom. The first-order valence-electron chi connectivity index (χ1n) is 7.23. The average Bonchev–Trinajstić information content (AvgIpc) is 2.68. The Morgan fingerprint density at radius 1 is 1.40 bits per heavy atom. The molecular formula is C14H23N3O2S. The molecule has 1 aliphatic rings. The lowest BCUT2D eigenvalue weighted by molar-refractivity contribution is 0.0900. The predicted octanol–water partition coefficient (Wildman–Crippen LogP) is 2.16. The third kappa shape index (κ3) is 3.30. The molecule has 0 spiro atoms. The Hall–Kier alpha value is -1.14. The van der Waals surface area contributed by atoms with Crippen molar-refractivity contribution in [2.75, 3.05) is 19.0 Å². The highest BCUT2D eigenvalue weighted by Gasteiger charge is 2.27. The molecular weight excluding hydrogens is 274 g/mol. The summed E-state index contributed by atoms with van der Waals surface area (Å²) in [5.74, 6) is 0.0948. The van der Waals surface area contributed by atoms with Gasteiger partial charge in [0.1, 0.15) is 5.00 Å². The molecule has 2 rings (SSSR count). The Bertz CT molecular complexity index is 461. The van der Waals surface area contributed by atoms with Gasteiger partial charge in [-0.25, -0.2) is 0 Å². The molecule has 2 atom stereocenters. The summed E-state index contributed by atoms with van der Waals surface area (Å²) in [7, 11) is 1.80. The van der Waals surface area contributed by atoms with Crippen LogP contribution in [0, 0.1) is 12.8 Å². The molecule has 0 saturated heterocycles. The van der Waals surface area contributed by atoms with Gasteiger partial charge in [0.25, 0.3) is 5.91 Å². The molecule has 1 fully saturated rings. The zero-order valence-corrected chi connectivity index (χ0v) is 12.9. The molecule has 1 aliphatic carbocycles. The molecule has 5 nitrogen and oxygen atoms in total. The van der Waals surface area contributed by atoms with E-state index in [-0.39, 0.29) is 24.5 Å². The third-order valence-electron chi connectivity index (χ3n) is 4.03. The lowest BCUT2D eigenvalue weighted by Gasteiger charge is -2.24. The molecule has 20 heavy (non-hydrogen) atoms. The van der Waals surface area contributed by atoms with Gasteiger partial charge in [-0.1, -0.05) is 19.3 Å². The fourth-order valence-electron chi connectivity index (χ4n) is 2.84. The van der Waals surface area contributed by atoms with Gasteiger partial charge in [-0.2, -0.15) is 4.37 Å². The number of anilines is 1. The number of aryl methyl sites for hydroxylation is 1. The van der Waals surface area contributed by atoms with E-state index in [9.17, 15) is 9.90 Å². The molecule has 1 aromatic rings. The molecule has 1 aromatic heterocycles. The van der Waals surface area contributed by atoms with Crippen LogP contribution in [0.15, 0.2) is 0 Å². The summed E-state index contributed by atoms with van der Waals surface area (Å²) < 4.78 is 4.23. The maximum Gasteiger partial charge on any atom is 0.256 e. The normalized spacial score (nSPS) is 23.1. The first-order chi connectivity index (χ1) is 9.67. The van der Waals surface area contributed by atoms with E-state index in [1.807, 2.05) is 6.92 Å². The minimum Gasteiger partial charge on any atom is -0.396 e. The molecule has 0 aliphatic heterocycles. The number of aromatic nitrogens is 1. The van der Waals surface area contributed by atoms with Crippen LogP contribution >= 0.6 is 11.5 Å². The van der Waals surface area contributed by atoms with Crippen LogP contribution in [0.1, 0.15) is 48.2 Å². The Balaban J connectivity index is 2.11. The molecule has 6 heteroatoms. The van der Waals surface area contributed by atoms with E-state index in [0.29, 0.717) is 5.56 Å². The summed E-state index contributed by atoms with van der Waals surface area (Å²) in [6, 6.07) is 0.0685. The minimum atomic E-state index is -0.0778. The fraction of sp³-hybridized carbons (Fsp3) is 0.714. The quantitative estimate of drug-likeness (QED) is 0.745. The van der Waals surface area contributed by atoms with Crippen molar-refractivity contribution < 1.29 is 9.90 Å². The van der Waals surface area contributed by atoms with Crippen LogP contribution in [0.5, 0.6) is 0 Å². The monoisotopic (exact) mass is 297 g/mol. The molecule has 0 aromatic carbocycles. The van der Waals surface area contributed by atoms with E-state index in [1.165, 1.54) is 18.0 Å². The Kier molecular flexibility index (Phi) is 5.37. The summed E-state index contributed by atoms with van der Waals surface area (Å²) in [5.41, 5.74) is 1.39. The van der Waals surface area contributed by atoms with Crippen molar-refractivity contribution in [1.82, 2.24) is 9.69 Å². The first-order valence-corrected chi connectivity index (χ1v) is 8.00. The molecule has 1 saturated carbocycles. The van der Waals surface area contributed by atoms with E-state index >= 15 is 0 Å². The molecule has 3 N–H and O–H groups in total. The van der Waals surface area contributed by atoms with Gasteiger partial charge in [0, 0.05) is 25.6 Å². The Labute approximate surface area is 123 Å². The highest BCUT2D eigenvalue weighted by atomic mass is 32.1. The van der Waals surface area contributed by atoms with E-state index in [2.05, 4.69) is 15.0 Å². The van der Waals surface area contributed by atoms with Crippen LogP contribution in [0.4, 0.5) is 5.00 Å². The lowest BCUT2D eigenvalue weighted by atomic mass is 9.95. The number of nitrogens with zero attached hydrogens (tertiary/aromatic N) is 1. The number of carbonyl (C=O) groups excluding carboxylic acids is 1. The minimum absolute atomic E-state index is 0.0685. The number of aliphatic hydroxyl groups excluding tert-OH is 1.